The first kappa shape index (κ1) is 16.4. The van der Waals surface area contributed by atoms with Crippen molar-refractivity contribution in [3.8, 4) is 11.3 Å². The van der Waals surface area contributed by atoms with Crippen molar-refractivity contribution in [3.63, 3.8) is 0 Å². The zero-order valence-electron chi connectivity index (χ0n) is 9.52. The molecule has 2 aromatic rings. The van der Waals surface area contributed by atoms with Gasteiger partial charge in [-0.1, -0.05) is 69.6 Å². The lowest BCUT2D eigenvalue weighted by Crippen LogP contribution is -1.95. The van der Waals surface area contributed by atoms with Gasteiger partial charge in [-0.15, -0.1) is 0 Å². The van der Waals surface area contributed by atoms with Crippen LogP contribution in [0.5, 0.6) is 0 Å². The highest BCUT2D eigenvalue weighted by atomic mass is 35.5. The fourth-order valence-corrected chi connectivity index (χ4v) is 3.08. The topological polar surface area (TPSA) is 33.1 Å². The summed E-state index contributed by atoms with van der Waals surface area (Å²) in [5.41, 5.74) is 0.945. The summed E-state index contributed by atoms with van der Waals surface area (Å²) < 4.78 is 0. The van der Waals surface area contributed by atoms with Crippen LogP contribution in [0.4, 0.5) is 0 Å². The van der Waals surface area contributed by atoms with Gasteiger partial charge in [0.05, 0.1) is 48.1 Å². The van der Waals surface area contributed by atoms with Crippen LogP contribution in [0.25, 0.3) is 11.3 Å². The molecule has 0 spiro atoms. The van der Waals surface area contributed by atoms with Crippen LogP contribution in [-0.2, 0) is 6.61 Å². The number of halogens is 6. The van der Waals surface area contributed by atoms with Gasteiger partial charge in [0.15, 0.2) is 0 Å². The first-order valence-electron chi connectivity index (χ1n) is 5.16. The molecule has 0 fully saturated rings. The predicted octanol–water partition coefficient (Wildman–Crippen LogP) is 6.16. The zero-order chi connectivity index (χ0) is 15.0. The van der Waals surface area contributed by atoms with Crippen molar-refractivity contribution in [2.75, 3.05) is 0 Å². The van der Waals surface area contributed by atoms with Gasteiger partial charge in [0.2, 0.25) is 0 Å². The Morgan fingerprint density at radius 2 is 1.30 bits per heavy atom. The van der Waals surface area contributed by atoms with Gasteiger partial charge in [0, 0.05) is 5.56 Å². The molecule has 0 amide bonds. The van der Waals surface area contributed by atoms with Gasteiger partial charge >= 0.3 is 0 Å². The molecule has 1 heterocycles. The molecule has 1 aromatic heterocycles. The minimum atomic E-state index is -0.255. The Kier molecular flexibility index (Phi) is 5.30. The van der Waals surface area contributed by atoms with Crippen molar-refractivity contribution in [2.45, 2.75) is 6.61 Å². The summed E-state index contributed by atoms with van der Waals surface area (Å²) in [5, 5.41) is 9.80. The van der Waals surface area contributed by atoms with E-state index < -0.39 is 0 Å². The highest BCUT2D eigenvalue weighted by Crippen LogP contribution is 2.48. The second kappa shape index (κ2) is 6.45. The highest BCUT2D eigenvalue weighted by Gasteiger charge is 2.23. The molecule has 0 saturated carbocycles. The molecule has 0 unspecified atom stereocenters. The number of nitrogens with zero attached hydrogens (tertiary/aromatic N) is 1. The number of benzene rings is 1. The van der Waals surface area contributed by atoms with Gasteiger partial charge in [-0.25, -0.2) is 4.98 Å². The summed E-state index contributed by atoms with van der Waals surface area (Å²) in [6.45, 7) is -0.255. The molecule has 106 valence electrons. The first-order valence-corrected chi connectivity index (χ1v) is 7.43. The fourth-order valence-electron chi connectivity index (χ4n) is 1.56. The molecule has 8 heteroatoms. The molecule has 1 aromatic carbocycles. The van der Waals surface area contributed by atoms with Gasteiger partial charge in [0.25, 0.3) is 0 Å². The maximum absolute atomic E-state index is 9.15. The molecule has 0 aliphatic rings. The van der Waals surface area contributed by atoms with E-state index in [-0.39, 0.29) is 43.0 Å². The SMILES string of the molecule is OCc1ccc(Cl)c(-c2c(Cl)c(Cl)c(Cl)c(Cl)c2Cl)n1. The minimum absolute atomic E-state index is 0.0570. The lowest BCUT2D eigenvalue weighted by molar-refractivity contribution is 0.277. The lowest BCUT2D eigenvalue weighted by Gasteiger charge is -2.13. The molecular weight excluding hydrogens is 387 g/mol. The largest absolute Gasteiger partial charge is 0.390 e. The Hall–Kier alpha value is 0.0700. The van der Waals surface area contributed by atoms with E-state index in [0.29, 0.717) is 10.7 Å². The Balaban J connectivity index is 2.83. The van der Waals surface area contributed by atoms with Gasteiger partial charge in [0.1, 0.15) is 0 Å². The Morgan fingerprint density at radius 3 is 1.80 bits per heavy atom. The normalized spacial score (nSPS) is 10.9. The molecule has 1 N–H and O–H groups in total. The van der Waals surface area contributed by atoms with Gasteiger partial charge in [-0.05, 0) is 12.1 Å². The van der Waals surface area contributed by atoms with E-state index in [2.05, 4.69) is 4.98 Å². The molecule has 0 atom stereocenters. The van der Waals surface area contributed by atoms with Crippen molar-refractivity contribution < 1.29 is 5.11 Å². The minimum Gasteiger partial charge on any atom is -0.390 e. The Labute approximate surface area is 145 Å². The van der Waals surface area contributed by atoms with Crippen molar-refractivity contribution in [3.05, 3.63) is 48.0 Å². The van der Waals surface area contributed by atoms with Crippen LogP contribution in [-0.4, -0.2) is 10.1 Å². The van der Waals surface area contributed by atoms with Crippen LogP contribution in [0.15, 0.2) is 12.1 Å². The molecule has 0 aliphatic heterocycles. The monoisotopic (exact) mass is 389 g/mol. The molecular formula is C12H5Cl6NO. The number of aliphatic hydroxyl groups is 1. The van der Waals surface area contributed by atoms with Crippen LogP contribution in [0.2, 0.25) is 30.1 Å². The van der Waals surface area contributed by atoms with E-state index in [4.69, 9.17) is 74.7 Å². The first-order chi connectivity index (χ1) is 9.38. The third-order valence-corrected chi connectivity index (χ3v) is 5.09. The third-order valence-electron chi connectivity index (χ3n) is 2.51. The van der Waals surface area contributed by atoms with Gasteiger partial charge in [-0.2, -0.15) is 0 Å². The molecule has 2 rings (SSSR count). The molecule has 0 saturated heterocycles. The standard InChI is InChI=1S/C12H5Cl6NO/c13-5-2-1-4(3-20)19-12(5)6-7(14)9(16)11(18)10(17)8(6)15/h1-2,20H,3H2. The van der Waals surface area contributed by atoms with Crippen molar-refractivity contribution in [1.29, 1.82) is 0 Å². The van der Waals surface area contributed by atoms with Crippen molar-refractivity contribution >= 4 is 69.6 Å². The number of hydrogen-bond donors (Lipinski definition) is 1. The second-order valence-corrected chi connectivity index (χ2v) is 6.03. The summed E-state index contributed by atoms with van der Waals surface area (Å²) in [4.78, 5) is 4.18. The van der Waals surface area contributed by atoms with Gasteiger partial charge in [-0.3, -0.25) is 0 Å². The van der Waals surface area contributed by atoms with Crippen molar-refractivity contribution in [1.82, 2.24) is 4.98 Å². The molecule has 0 aliphatic carbocycles. The van der Waals surface area contributed by atoms with E-state index in [1.54, 1.807) is 12.1 Å². The number of rotatable bonds is 2. The summed E-state index contributed by atoms with van der Waals surface area (Å²) in [5.74, 6) is 0. The Morgan fingerprint density at radius 1 is 0.800 bits per heavy atom. The summed E-state index contributed by atoms with van der Waals surface area (Å²) >= 11 is 36.3. The number of hydrogen-bond acceptors (Lipinski definition) is 2. The lowest BCUT2D eigenvalue weighted by atomic mass is 10.1. The molecule has 20 heavy (non-hydrogen) atoms. The average molecular weight is 392 g/mol. The summed E-state index contributed by atoms with van der Waals surface area (Å²) in [6, 6.07) is 3.14. The van der Waals surface area contributed by atoms with E-state index in [0.717, 1.165) is 0 Å². The third kappa shape index (κ3) is 2.84. The van der Waals surface area contributed by atoms with E-state index in [9.17, 15) is 0 Å². The van der Waals surface area contributed by atoms with E-state index >= 15 is 0 Å². The maximum atomic E-state index is 9.15. The quantitative estimate of drug-likeness (QED) is 0.491. The maximum Gasteiger partial charge on any atom is 0.0923 e. The van der Waals surface area contributed by atoms with Crippen molar-refractivity contribution in [2.24, 2.45) is 0 Å². The van der Waals surface area contributed by atoms with Crippen LogP contribution < -0.4 is 0 Å². The molecule has 0 bridgehead atoms. The van der Waals surface area contributed by atoms with E-state index in [1.165, 1.54) is 0 Å². The predicted molar refractivity (Wildman–Crippen MR) is 85.7 cm³/mol. The van der Waals surface area contributed by atoms with Crippen LogP contribution in [0.1, 0.15) is 5.69 Å². The highest BCUT2D eigenvalue weighted by molar-refractivity contribution is 6.56. The van der Waals surface area contributed by atoms with Crippen LogP contribution >= 0.6 is 69.6 Å². The van der Waals surface area contributed by atoms with Gasteiger partial charge < -0.3 is 5.11 Å². The van der Waals surface area contributed by atoms with Crippen LogP contribution in [0, 0.1) is 0 Å². The number of aromatic nitrogens is 1. The zero-order valence-corrected chi connectivity index (χ0v) is 14.1. The summed E-state index contributed by atoms with van der Waals surface area (Å²) in [7, 11) is 0. The second-order valence-electron chi connectivity index (χ2n) is 3.74. The molecule has 0 radical (unpaired) electrons. The summed E-state index contributed by atoms with van der Waals surface area (Å²) in [6.07, 6.45) is 0. The smallest absolute Gasteiger partial charge is 0.0923 e. The van der Waals surface area contributed by atoms with Crippen LogP contribution in [0.3, 0.4) is 0 Å². The molecule has 2 nitrogen and oxygen atoms in total. The van der Waals surface area contributed by atoms with E-state index in [1.807, 2.05) is 0 Å². The number of aliphatic hydroxyl groups excluding tert-OH is 1. The fraction of sp³-hybridized carbons (Fsp3) is 0.0833. The average Bonchev–Trinajstić information content (AvgIpc) is 2.45. The number of pyridine rings is 1. The Bertz CT molecular complexity index is 659.